The molecular weight excluding hydrogens is 462 g/mol. The summed E-state index contributed by atoms with van der Waals surface area (Å²) < 4.78 is 3.51. The van der Waals surface area contributed by atoms with Crippen molar-refractivity contribution in [3.05, 3.63) is 59.5 Å². The SMILES string of the molecule is CC(C)(C)NSc1cc(NC(=O)NCc2ccccn2)ccc1-c1cnc(C2CCCCC2)s1. The summed E-state index contributed by atoms with van der Waals surface area (Å²) in [6.07, 6.45) is 10.2. The molecule has 1 aliphatic carbocycles. The maximum Gasteiger partial charge on any atom is 0.319 e. The number of benzene rings is 1. The first-order chi connectivity index (χ1) is 16.4. The van der Waals surface area contributed by atoms with E-state index in [1.807, 2.05) is 36.5 Å². The molecule has 1 aromatic carbocycles. The van der Waals surface area contributed by atoms with Crippen molar-refractivity contribution in [2.24, 2.45) is 0 Å². The van der Waals surface area contributed by atoms with Gasteiger partial charge in [-0.05, 0) is 69.8 Å². The van der Waals surface area contributed by atoms with Crippen molar-refractivity contribution in [1.29, 1.82) is 0 Å². The van der Waals surface area contributed by atoms with E-state index in [0.29, 0.717) is 12.5 Å². The van der Waals surface area contributed by atoms with E-state index in [0.717, 1.165) is 21.8 Å². The van der Waals surface area contributed by atoms with Gasteiger partial charge in [0.15, 0.2) is 0 Å². The predicted molar refractivity (Wildman–Crippen MR) is 142 cm³/mol. The Labute approximate surface area is 210 Å². The molecule has 1 fully saturated rings. The Bertz CT molecular complexity index is 1090. The number of urea groups is 1. The summed E-state index contributed by atoms with van der Waals surface area (Å²) in [5, 5.41) is 7.08. The molecule has 1 aliphatic rings. The van der Waals surface area contributed by atoms with Crippen LogP contribution in [0.2, 0.25) is 0 Å². The third-order valence-corrected chi connectivity index (χ3v) is 8.07. The number of hydrogen-bond acceptors (Lipinski definition) is 6. The topological polar surface area (TPSA) is 78.9 Å². The van der Waals surface area contributed by atoms with Gasteiger partial charge in [0.25, 0.3) is 0 Å². The minimum absolute atomic E-state index is 0.0492. The lowest BCUT2D eigenvalue weighted by atomic mass is 9.90. The first kappa shape index (κ1) is 24.7. The van der Waals surface area contributed by atoms with Crippen LogP contribution in [-0.2, 0) is 6.54 Å². The zero-order valence-corrected chi connectivity index (χ0v) is 21.7. The molecule has 0 bridgehead atoms. The van der Waals surface area contributed by atoms with E-state index in [4.69, 9.17) is 4.98 Å². The van der Waals surface area contributed by atoms with Gasteiger partial charge in [0, 0.05) is 40.0 Å². The van der Waals surface area contributed by atoms with E-state index in [-0.39, 0.29) is 11.6 Å². The number of carbonyl (C=O) groups is 1. The lowest BCUT2D eigenvalue weighted by Gasteiger charge is -2.21. The van der Waals surface area contributed by atoms with E-state index < -0.39 is 0 Å². The molecule has 6 nitrogen and oxygen atoms in total. The summed E-state index contributed by atoms with van der Waals surface area (Å²) in [6.45, 7) is 6.80. The van der Waals surface area contributed by atoms with Crippen LogP contribution < -0.4 is 15.4 Å². The number of anilines is 1. The Balaban J connectivity index is 1.50. The summed E-state index contributed by atoms with van der Waals surface area (Å²) in [5.41, 5.74) is 2.66. The fraction of sp³-hybridized carbons (Fsp3) is 0.423. The zero-order valence-electron chi connectivity index (χ0n) is 20.1. The fourth-order valence-electron chi connectivity index (χ4n) is 3.90. The van der Waals surface area contributed by atoms with Gasteiger partial charge in [0.1, 0.15) is 0 Å². The van der Waals surface area contributed by atoms with E-state index in [1.54, 1.807) is 29.5 Å². The number of amides is 2. The van der Waals surface area contributed by atoms with Crippen molar-refractivity contribution in [2.45, 2.75) is 75.8 Å². The molecule has 0 atom stereocenters. The summed E-state index contributed by atoms with van der Waals surface area (Å²) in [5.74, 6) is 0.597. The third kappa shape index (κ3) is 7.04. The molecule has 0 radical (unpaired) electrons. The maximum absolute atomic E-state index is 12.5. The smallest absolute Gasteiger partial charge is 0.319 e. The molecule has 0 saturated heterocycles. The van der Waals surface area contributed by atoms with Crippen LogP contribution in [0.15, 0.2) is 53.7 Å². The molecule has 180 valence electrons. The summed E-state index contributed by atoms with van der Waals surface area (Å²) in [7, 11) is 0. The molecule has 0 spiro atoms. The summed E-state index contributed by atoms with van der Waals surface area (Å²) in [4.78, 5) is 23.7. The third-order valence-electron chi connectivity index (χ3n) is 5.61. The minimum Gasteiger partial charge on any atom is -0.332 e. The highest BCUT2D eigenvalue weighted by Gasteiger charge is 2.21. The van der Waals surface area contributed by atoms with Crippen LogP contribution in [0.1, 0.15) is 69.5 Å². The van der Waals surface area contributed by atoms with E-state index in [1.165, 1.54) is 42.0 Å². The standard InChI is InChI=1S/C26H33N5OS2/c1-26(2,3)31-34-22-15-19(30-25(32)29-16-20-11-7-8-14-27-20)12-13-21(22)23-17-28-24(33-23)18-9-5-4-6-10-18/h7-8,11-15,17-18,31H,4-6,9-10,16H2,1-3H3,(H2,29,30,32). The normalized spacial score (nSPS) is 14.7. The highest BCUT2D eigenvalue weighted by molar-refractivity contribution is 7.97. The molecule has 34 heavy (non-hydrogen) atoms. The first-order valence-corrected chi connectivity index (χ1v) is 13.5. The number of thiazole rings is 1. The summed E-state index contributed by atoms with van der Waals surface area (Å²) in [6, 6.07) is 11.5. The van der Waals surface area contributed by atoms with Crippen molar-refractivity contribution in [3.63, 3.8) is 0 Å². The van der Waals surface area contributed by atoms with Crippen molar-refractivity contribution < 1.29 is 4.79 Å². The van der Waals surface area contributed by atoms with E-state index in [9.17, 15) is 4.79 Å². The van der Waals surface area contributed by atoms with Crippen molar-refractivity contribution in [2.75, 3.05) is 5.32 Å². The predicted octanol–water partition coefficient (Wildman–Crippen LogP) is 6.97. The number of hydrogen-bond donors (Lipinski definition) is 3. The second-order valence-corrected chi connectivity index (χ2v) is 11.6. The number of carbonyl (C=O) groups excluding carboxylic acids is 1. The van der Waals surface area contributed by atoms with Gasteiger partial charge in [-0.1, -0.05) is 31.4 Å². The quantitative estimate of drug-likeness (QED) is 0.309. The maximum atomic E-state index is 12.5. The zero-order chi connectivity index (χ0) is 24.0. The van der Waals surface area contributed by atoms with Gasteiger partial charge in [-0.15, -0.1) is 11.3 Å². The summed E-state index contributed by atoms with van der Waals surface area (Å²) >= 11 is 3.40. The Morgan fingerprint density at radius 3 is 2.68 bits per heavy atom. The van der Waals surface area contributed by atoms with Crippen molar-refractivity contribution >= 4 is 35.0 Å². The molecule has 2 amide bonds. The van der Waals surface area contributed by atoms with Crippen molar-refractivity contribution in [3.8, 4) is 10.4 Å². The first-order valence-electron chi connectivity index (χ1n) is 11.9. The number of rotatable bonds is 7. The molecule has 2 aromatic heterocycles. The lowest BCUT2D eigenvalue weighted by Crippen LogP contribution is -2.30. The number of aromatic nitrogens is 2. The van der Waals surface area contributed by atoms with E-state index >= 15 is 0 Å². The Hall–Kier alpha value is -2.42. The van der Waals surface area contributed by atoms with Crippen LogP contribution in [0.5, 0.6) is 0 Å². The van der Waals surface area contributed by atoms with Crippen LogP contribution in [0.25, 0.3) is 10.4 Å². The second-order valence-electron chi connectivity index (χ2n) is 9.69. The molecule has 4 rings (SSSR count). The van der Waals surface area contributed by atoms with Crippen LogP contribution in [0.4, 0.5) is 10.5 Å². The Morgan fingerprint density at radius 2 is 1.94 bits per heavy atom. The Morgan fingerprint density at radius 1 is 1.12 bits per heavy atom. The van der Waals surface area contributed by atoms with Gasteiger partial charge in [-0.3, -0.25) is 9.71 Å². The van der Waals surface area contributed by atoms with Crippen LogP contribution in [0, 0.1) is 0 Å². The van der Waals surface area contributed by atoms with Gasteiger partial charge in [0.2, 0.25) is 0 Å². The monoisotopic (exact) mass is 495 g/mol. The number of pyridine rings is 1. The van der Waals surface area contributed by atoms with Crippen LogP contribution >= 0.6 is 23.3 Å². The Kier molecular flexibility index (Phi) is 8.24. The van der Waals surface area contributed by atoms with Gasteiger partial charge in [-0.2, -0.15) is 0 Å². The molecular formula is C26H33N5OS2. The minimum atomic E-state index is -0.254. The van der Waals surface area contributed by atoms with Crippen LogP contribution in [-0.4, -0.2) is 21.5 Å². The molecule has 3 aromatic rings. The fourth-order valence-corrected chi connectivity index (χ4v) is 5.98. The second kappa shape index (κ2) is 11.3. The van der Waals surface area contributed by atoms with Crippen LogP contribution in [0.3, 0.4) is 0 Å². The molecule has 0 unspecified atom stereocenters. The van der Waals surface area contributed by atoms with Gasteiger partial charge < -0.3 is 10.6 Å². The molecule has 8 heteroatoms. The molecule has 0 aliphatic heterocycles. The molecule has 1 saturated carbocycles. The lowest BCUT2D eigenvalue weighted by molar-refractivity contribution is 0.251. The average Bonchev–Trinajstić information content (AvgIpc) is 3.32. The molecule has 2 heterocycles. The van der Waals surface area contributed by atoms with E-state index in [2.05, 4.69) is 47.2 Å². The largest absolute Gasteiger partial charge is 0.332 e. The highest BCUT2D eigenvalue weighted by atomic mass is 32.2. The van der Waals surface area contributed by atoms with Crippen molar-refractivity contribution in [1.82, 2.24) is 20.0 Å². The number of nitrogens with one attached hydrogen (secondary N) is 3. The highest BCUT2D eigenvalue weighted by Crippen LogP contribution is 2.40. The van der Waals surface area contributed by atoms with Gasteiger partial charge >= 0.3 is 6.03 Å². The van der Waals surface area contributed by atoms with Gasteiger partial charge in [-0.25, -0.2) is 9.78 Å². The average molecular weight is 496 g/mol. The molecule has 3 N–H and O–H groups in total. The number of nitrogens with zero attached hydrogens (tertiary/aromatic N) is 2. The van der Waals surface area contributed by atoms with Gasteiger partial charge in [0.05, 0.1) is 22.1 Å².